The highest BCUT2D eigenvalue weighted by molar-refractivity contribution is 5.99. The average Bonchev–Trinajstić information content (AvgIpc) is 3.23. The van der Waals surface area contributed by atoms with Gasteiger partial charge in [-0.2, -0.15) is 5.10 Å². The van der Waals surface area contributed by atoms with E-state index in [0.717, 1.165) is 24.6 Å². The van der Waals surface area contributed by atoms with Crippen molar-refractivity contribution in [1.82, 2.24) is 15.1 Å². The highest BCUT2D eigenvalue weighted by Gasteiger charge is 2.35. The molecule has 1 unspecified atom stereocenters. The second-order valence-electron chi connectivity index (χ2n) is 6.30. The number of nitrogens with two attached hydrogens (primary N) is 1. The van der Waals surface area contributed by atoms with Crippen molar-refractivity contribution in [2.45, 2.75) is 51.1 Å². The zero-order valence-corrected chi connectivity index (χ0v) is 12.9. The largest absolute Gasteiger partial charge is 0.365 e. The summed E-state index contributed by atoms with van der Waals surface area (Å²) in [6.07, 6.45) is 6.12. The number of carbonyl (C=O) groups excluding carboxylic acids is 1. The molecule has 6 nitrogen and oxygen atoms in total. The zero-order chi connectivity index (χ0) is 15.0. The van der Waals surface area contributed by atoms with E-state index in [1.807, 2.05) is 18.7 Å². The van der Waals surface area contributed by atoms with Crippen LogP contribution >= 0.6 is 0 Å². The Hall–Kier alpha value is -1.56. The van der Waals surface area contributed by atoms with Gasteiger partial charge >= 0.3 is 0 Å². The van der Waals surface area contributed by atoms with E-state index in [2.05, 4.69) is 15.3 Å². The maximum Gasteiger partial charge on any atom is 0.254 e. The smallest absolute Gasteiger partial charge is 0.254 e. The number of hydrogen-bond acceptors (Lipinski definition) is 4. The van der Waals surface area contributed by atoms with Crippen molar-refractivity contribution in [3.8, 4) is 0 Å². The van der Waals surface area contributed by atoms with E-state index in [1.54, 1.807) is 0 Å². The number of nitrogens with one attached hydrogen (secondary N) is 1. The van der Waals surface area contributed by atoms with Gasteiger partial charge in [0.15, 0.2) is 0 Å². The molecule has 1 aliphatic heterocycles. The van der Waals surface area contributed by atoms with Crippen molar-refractivity contribution in [2.24, 2.45) is 12.8 Å². The normalized spacial score (nSPS) is 22.3. The van der Waals surface area contributed by atoms with Gasteiger partial charge < -0.3 is 16.0 Å². The molecule has 1 amide bonds. The lowest BCUT2D eigenvalue weighted by Gasteiger charge is -2.32. The van der Waals surface area contributed by atoms with Crippen LogP contribution in [0.1, 0.15) is 48.2 Å². The molecule has 0 radical (unpaired) electrons. The van der Waals surface area contributed by atoms with Gasteiger partial charge in [-0.25, -0.2) is 0 Å². The topological polar surface area (TPSA) is 76.2 Å². The number of hydrogen-bond donors (Lipinski definition) is 2. The summed E-state index contributed by atoms with van der Waals surface area (Å²) in [6, 6.07) is 1.02. The fourth-order valence-corrected chi connectivity index (χ4v) is 3.38. The highest BCUT2D eigenvalue weighted by atomic mass is 16.1. The molecule has 1 aliphatic carbocycles. The van der Waals surface area contributed by atoms with Crippen molar-refractivity contribution >= 4 is 11.7 Å². The lowest BCUT2D eigenvalue weighted by Crippen LogP contribution is -2.45. The maximum atomic E-state index is 11.8. The van der Waals surface area contributed by atoms with Crippen LogP contribution in [0.2, 0.25) is 0 Å². The van der Waals surface area contributed by atoms with Crippen LogP contribution < -0.4 is 16.0 Å². The lowest BCUT2D eigenvalue weighted by atomic mass is 10.0. The minimum Gasteiger partial charge on any atom is -0.365 e. The Kier molecular flexibility index (Phi) is 3.89. The average molecular weight is 291 g/mol. The van der Waals surface area contributed by atoms with Gasteiger partial charge in [-0.05, 0) is 39.2 Å². The molecule has 2 heterocycles. The molecule has 0 spiro atoms. The predicted octanol–water partition coefficient (Wildman–Crippen LogP) is 0.938. The van der Waals surface area contributed by atoms with E-state index in [0.29, 0.717) is 17.6 Å². The SMILES string of the molecule is Cc1nn(C)c(N(CC2CCCCN2)C2CC2)c1C(N)=O. The Balaban J connectivity index is 1.88. The number of carbonyl (C=O) groups is 1. The number of anilines is 1. The highest BCUT2D eigenvalue weighted by Crippen LogP contribution is 2.34. The molecule has 3 N–H and O–H groups in total. The van der Waals surface area contributed by atoms with E-state index in [1.165, 1.54) is 32.1 Å². The monoisotopic (exact) mass is 291 g/mol. The van der Waals surface area contributed by atoms with Gasteiger partial charge in [0, 0.05) is 25.7 Å². The van der Waals surface area contributed by atoms with Gasteiger partial charge in [-0.3, -0.25) is 9.48 Å². The van der Waals surface area contributed by atoms with Gasteiger partial charge in [0.2, 0.25) is 0 Å². The number of amides is 1. The zero-order valence-electron chi connectivity index (χ0n) is 12.9. The van der Waals surface area contributed by atoms with Crippen molar-refractivity contribution in [2.75, 3.05) is 18.0 Å². The van der Waals surface area contributed by atoms with E-state index in [4.69, 9.17) is 5.73 Å². The summed E-state index contributed by atoms with van der Waals surface area (Å²) < 4.78 is 1.82. The summed E-state index contributed by atoms with van der Waals surface area (Å²) in [5, 5.41) is 8.00. The Bertz CT molecular complexity index is 528. The molecule has 0 bridgehead atoms. The number of primary amides is 1. The number of piperidine rings is 1. The predicted molar refractivity (Wildman–Crippen MR) is 82.5 cm³/mol. The van der Waals surface area contributed by atoms with Crippen LogP contribution in [0.5, 0.6) is 0 Å². The quantitative estimate of drug-likeness (QED) is 0.846. The number of nitrogens with zero attached hydrogens (tertiary/aromatic N) is 3. The lowest BCUT2D eigenvalue weighted by molar-refractivity contribution is 0.1000. The molecule has 21 heavy (non-hydrogen) atoms. The van der Waals surface area contributed by atoms with Crippen LogP contribution in [0.3, 0.4) is 0 Å². The van der Waals surface area contributed by atoms with Crippen LogP contribution in [-0.4, -0.2) is 40.9 Å². The van der Waals surface area contributed by atoms with Gasteiger partial charge in [-0.1, -0.05) is 6.42 Å². The molecule has 1 aromatic heterocycles. The van der Waals surface area contributed by atoms with Gasteiger partial charge in [-0.15, -0.1) is 0 Å². The van der Waals surface area contributed by atoms with Crippen molar-refractivity contribution in [1.29, 1.82) is 0 Å². The van der Waals surface area contributed by atoms with Crippen LogP contribution in [0.25, 0.3) is 0 Å². The number of rotatable bonds is 5. The molecule has 3 rings (SSSR count). The Labute approximate surface area is 125 Å². The third kappa shape index (κ3) is 2.90. The first-order valence-corrected chi connectivity index (χ1v) is 7.91. The summed E-state index contributed by atoms with van der Waals surface area (Å²) in [5.41, 5.74) is 6.89. The Morgan fingerprint density at radius 2 is 2.19 bits per heavy atom. The molecule has 2 aliphatic rings. The summed E-state index contributed by atoms with van der Waals surface area (Å²) in [4.78, 5) is 14.2. The van der Waals surface area contributed by atoms with Gasteiger partial charge in [0.1, 0.15) is 11.4 Å². The summed E-state index contributed by atoms with van der Waals surface area (Å²) in [6.45, 7) is 3.88. The summed E-state index contributed by atoms with van der Waals surface area (Å²) in [5.74, 6) is 0.521. The molecular weight excluding hydrogens is 266 g/mol. The van der Waals surface area contributed by atoms with Crippen LogP contribution in [0.15, 0.2) is 0 Å². The maximum absolute atomic E-state index is 11.8. The second-order valence-corrected chi connectivity index (χ2v) is 6.30. The summed E-state index contributed by atoms with van der Waals surface area (Å²) >= 11 is 0. The Morgan fingerprint density at radius 3 is 2.76 bits per heavy atom. The van der Waals surface area contributed by atoms with E-state index < -0.39 is 0 Å². The first kappa shape index (κ1) is 14.4. The third-order valence-corrected chi connectivity index (χ3v) is 4.53. The van der Waals surface area contributed by atoms with E-state index >= 15 is 0 Å². The summed E-state index contributed by atoms with van der Waals surface area (Å²) in [7, 11) is 1.90. The Morgan fingerprint density at radius 1 is 1.43 bits per heavy atom. The fraction of sp³-hybridized carbons (Fsp3) is 0.733. The first-order chi connectivity index (χ1) is 10.1. The molecule has 6 heteroatoms. The molecule has 116 valence electrons. The molecule has 2 fully saturated rings. The minimum atomic E-state index is -0.377. The van der Waals surface area contributed by atoms with Gasteiger partial charge in [0.25, 0.3) is 5.91 Å². The van der Waals surface area contributed by atoms with Crippen molar-refractivity contribution < 1.29 is 4.79 Å². The molecule has 0 aromatic carbocycles. The molecule has 1 atom stereocenters. The minimum absolute atomic E-state index is 0.377. The first-order valence-electron chi connectivity index (χ1n) is 7.91. The van der Waals surface area contributed by atoms with Crippen LogP contribution in [0, 0.1) is 6.92 Å². The molecule has 1 saturated carbocycles. The molecule has 1 aromatic rings. The van der Waals surface area contributed by atoms with Crippen molar-refractivity contribution in [3.63, 3.8) is 0 Å². The molecular formula is C15H25N5O. The standard InChI is InChI=1S/C15H25N5O/c1-10-13(14(16)21)15(19(2)18-10)20(12-6-7-12)9-11-5-3-4-8-17-11/h11-12,17H,3-9H2,1-2H3,(H2,16,21). The van der Waals surface area contributed by atoms with Crippen LogP contribution in [0.4, 0.5) is 5.82 Å². The van der Waals surface area contributed by atoms with Crippen LogP contribution in [-0.2, 0) is 7.05 Å². The number of aromatic nitrogens is 2. The van der Waals surface area contributed by atoms with E-state index in [9.17, 15) is 4.79 Å². The fourth-order valence-electron chi connectivity index (χ4n) is 3.38. The molecule has 1 saturated heterocycles. The van der Waals surface area contributed by atoms with Crippen molar-refractivity contribution in [3.05, 3.63) is 11.3 Å². The van der Waals surface area contributed by atoms with Gasteiger partial charge in [0.05, 0.1) is 5.69 Å². The second kappa shape index (κ2) is 5.67. The van der Waals surface area contributed by atoms with E-state index in [-0.39, 0.29) is 5.91 Å². The third-order valence-electron chi connectivity index (χ3n) is 4.53. The number of aryl methyl sites for hydroxylation is 2.